The third kappa shape index (κ3) is 9.84. The van der Waals surface area contributed by atoms with Crippen molar-refractivity contribution in [3.63, 3.8) is 0 Å². The van der Waals surface area contributed by atoms with Gasteiger partial charge in [-0.15, -0.1) is 0 Å². The lowest BCUT2D eigenvalue weighted by atomic mass is 10.0. The molecule has 0 aromatic heterocycles. The van der Waals surface area contributed by atoms with E-state index >= 15 is 0 Å². The van der Waals surface area contributed by atoms with Crippen LogP contribution >= 0.6 is 0 Å². The first kappa shape index (κ1) is 21.8. The first-order chi connectivity index (χ1) is 13.4. The Morgan fingerprint density at radius 1 is 0.556 bits per heavy atom. The second-order valence-electron chi connectivity index (χ2n) is 7.95. The van der Waals surface area contributed by atoms with E-state index in [4.69, 9.17) is 4.74 Å². The summed E-state index contributed by atoms with van der Waals surface area (Å²) >= 11 is 0. The van der Waals surface area contributed by atoms with Gasteiger partial charge in [0.1, 0.15) is 5.75 Å². The molecule has 0 saturated heterocycles. The second kappa shape index (κ2) is 14.5. The standard InChI is InChI=1S/C26H40O/c1-2-3-4-5-6-7-8-9-10-11-12-13-14-17-22-27-26-21-20-24-18-15-16-19-25(24)23-26/h15-16,18-21,23H,2-14,17,22H2,1H3. The van der Waals surface area contributed by atoms with Crippen LogP contribution in [0.1, 0.15) is 96.8 Å². The highest BCUT2D eigenvalue weighted by Gasteiger charge is 1.98. The van der Waals surface area contributed by atoms with E-state index in [1.807, 2.05) is 0 Å². The van der Waals surface area contributed by atoms with Gasteiger partial charge < -0.3 is 4.74 Å². The van der Waals surface area contributed by atoms with Crippen molar-refractivity contribution in [1.29, 1.82) is 0 Å². The molecule has 0 bridgehead atoms. The molecule has 0 atom stereocenters. The zero-order valence-electron chi connectivity index (χ0n) is 17.6. The molecule has 0 fully saturated rings. The third-order valence-corrected chi connectivity index (χ3v) is 5.49. The number of fused-ring (bicyclic) bond motifs is 1. The Balaban J connectivity index is 1.37. The molecule has 0 unspecified atom stereocenters. The first-order valence-corrected chi connectivity index (χ1v) is 11.5. The average Bonchev–Trinajstić information content (AvgIpc) is 2.71. The maximum absolute atomic E-state index is 5.92. The van der Waals surface area contributed by atoms with E-state index in [2.05, 4.69) is 49.4 Å². The summed E-state index contributed by atoms with van der Waals surface area (Å²) in [5.74, 6) is 1.00. The summed E-state index contributed by atoms with van der Waals surface area (Å²) in [6.07, 6.45) is 19.6. The molecule has 150 valence electrons. The molecule has 1 heteroatoms. The summed E-state index contributed by atoms with van der Waals surface area (Å²) in [5, 5.41) is 2.54. The molecule has 0 N–H and O–H groups in total. The number of unbranched alkanes of at least 4 members (excludes halogenated alkanes) is 13. The Hall–Kier alpha value is -1.50. The SMILES string of the molecule is CCCCCCCCCCCCCCCCOc1ccc2ccccc2c1. The Bertz CT molecular complexity index is 604. The molecule has 0 spiro atoms. The van der Waals surface area contributed by atoms with Gasteiger partial charge in [0, 0.05) is 0 Å². The van der Waals surface area contributed by atoms with Gasteiger partial charge in [0.05, 0.1) is 6.61 Å². The summed E-state index contributed by atoms with van der Waals surface area (Å²) in [6, 6.07) is 14.8. The molecule has 0 saturated carbocycles. The van der Waals surface area contributed by atoms with Crippen LogP contribution in [0.4, 0.5) is 0 Å². The quantitative estimate of drug-likeness (QED) is 0.269. The van der Waals surface area contributed by atoms with E-state index in [0.29, 0.717) is 0 Å². The lowest BCUT2D eigenvalue weighted by molar-refractivity contribution is 0.304. The van der Waals surface area contributed by atoms with Crippen LogP contribution in [0.25, 0.3) is 10.8 Å². The predicted octanol–water partition coefficient (Wildman–Crippen LogP) is 8.70. The van der Waals surface area contributed by atoms with Crippen LogP contribution in [0.15, 0.2) is 42.5 Å². The zero-order valence-corrected chi connectivity index (χ0v) is 17.6. The minimum atomic E-state index is 0.844. The van der Waals surface area contributed by atoms with Crippen molar-refractivity contribution in [2.75, 3.05) is 6.61 Å². The topological polar surface area (TPSA) is 9.23 Å². The van der Waals surface area contributed by atoms with Gasteiger partial charge in [0.2, 0.25) is 0 Å². The fraction of sp³-hybridized carbons (Fsp3) is 0.615. The van der Waals surface area contributed by atoms with Gasteiger partial charge in [-0.1, -0.05) is 121 Å². The summed E-state index contributed by atoms with van der Waals surface area (Å²) in [5.41, 5.74) is 0. The molecule has 2 aromatic rings. The smallest absolute Gasteiger partial charge is 0.119 e. The highest BCUT2D eigenvalue weighted by molar-refractivity contribution is 5.83. The summed E-state index contributed by atoms with van der Waals surface area (Å²) < 4.78 is 5.92. The number of hydrogen-bond acceptors (Lipinski definition) is 1. The van der Waals surface area contributed by atoms with Gasteiger partial charge in [0.25, 0.3) is 0 Å². The van der Waals surface area contributed by atoms with Crippen LogP contribution in [-0.4, -0.2) is 6.61 Å². The van der Waals surface area contributed by atoms with E-state index in [1.54, 1.807) is 0 Å². The number of hydrogen-bond donors (Lipinski definition) is 0. The van der Waals surface area contributed by atoms with E-state index in [0.717, 1.165) is 12.4 Å². The molecule has 2 aromatic carbocycles. The Morgan fingerprint density at radius 2 is 1.07 bits per heavy atom. The van der Waals surface area contributed by atoms with Gasteiger partial charge in [0.15, 0.2) is 0 Å². The summed E-state index contributed by atoms with van der Waals surface area (Å²) in [7, 11) is 0. The van der Waals surface area contributed by atoms with Crippen LogP contribution in [-0.2, 0) is 0 Å². The lowest BCUT2D eigenvalue weighted by Gasteiger charge is -2.07. The monoisotopic (exact) mass is 368 g/mol. The second-order valence-corrected chi connectivity index (χ2v) is 7.95. The van der Waals surface area contributed by atoms with Crippen molar-refractivity contribution in [3.8, 4) is 5.75 Å². The van der Waals surface area contributed by atoms with E-state index in [9.17, 15) is 0 Å². The van der Waals surface area contributed by atoms with Crippen molar-refractivity contribution >= 4 is 10.8 Å². The maximum Gasteiger partial charge on any atom is 0.119 e. The molecule has 2 rings (SSSR count). The van der Waals surface area contributed by atoms with Crippen molar-refractivity contribution in [2.24, 2.45) is 0 Å². The molecule has 0 amide bonds. The largest absolute Gasteiger partial charge is 0.494 e. The predicted molar refractivity (Wildman–Crippen MR) is 120 cm³/mol. The number of ether oxygens (including phenoxy) is 1. The van der Waals surface area contributed by atoms with Crippen LogP contribution in [0.2, 0.25) is 0 Å². The first-order valence-electron chi connectivity index (χ1n) is 11.5. The number of benzene rings is 2. The van der Waals surface area contributed by atoms with Crippen molar-refractivity contribution in [1.82, 2.24) is 0 Å². The van der Waals surface area contributed by atoms with Crippen molar-refractivity contribution < 1.29 is 4.74 Å². The molecule has 0 aliphatic rings. The van der Waals surface area contributed by atoms with Gasteiger partial charge in [-0.05, 0) is 29.3 Å². The highest BCUT2D eigenvalue weighted by Crippen LogP contribution is 2.21. The molecule has 1 nitrogen and oxygen atoms in total. The van der Waals surface area contributed by atoms with Gasteiger partial charge in [-0.2, -0.15) is 0 Å². The fourth-order valence-corrected chi connectivity index (χ4v) is 3.74. The third-order valence-electron chi connectivity index (χ3n) is 5.49. The highest BCUT2D eigenvalue weighted by atomic mass is 16.5. The average molecular weight is 369 g/mol. The molecule has 0 aliphatic heterocycles. The number of rotatable bonds is 16. The van der Waals surface area contributed by atoms with Crippen molar-refractivity contribution in [3.05, 3.63) is 42.5 Å². The van der Waals surface area contributed by atoms with Crippen molar-refractivity contribution in [2.45, 2.75) is 96.8 Å². The Morgan fingerprint density at radius 3 is 1.67 bits per heavy atom. The zero-order chi connectivity index (χ0) is 19.0. The van der Waals surface area contributed by atoms with Crippen LogP contribution in [0.5, 0.6) is 5.75 Å². The minimum absolute atomic E-state index is 0.844. The molecular formula is C26H40O. The molecule has 0 heterocycles. The maximum atomic E-state index is 5.92. The summed E-state index contributed by atoms with van der Waals surface area (Å²) in [6.45, 7) is 3.13. The molecule has 0 aliphatic carbocycles. The van der Waals surface area contributed by atoms with E-state index in [-0.39, 0.29) is 0 Å². The van der Waals surface area contributed by atoms with Gasteiger partial charge in [-0.25, -0.2) is 0 Å². The van der Waals surface area contributed by atoms with Gasteiger partial charge in [-0.3, -0.25) is 0 Å². The van der Waals surface area contributed by atoms with Crippen LogP contribution < -0.4 is 4.74 Å². The van der Waals surface area contributed by atoms with E-state index < -0.39 is 0 Å². The fourth-order valence-electron chi connectivity index (χ4n) is 3.74. The lowest BCUT2D eigenvalue weighted by Crippen LogP contribution is -1.97. The van der Waals surface area contributed by atoms with Crippen LogP contribution in [0, 0.1) is 0 Å². The van der Waals surface area contributed by atoms with Gasteiger partial charge >= 0.3 is 0 Å². The van der Waals surface area contributed by atoms with E-state index in [1.165, 1.54) is 101 Å². The molecule has 27 heavy (non-hydrogen) atoms. The molecular weight excluding hydrogens is 328 g/mol. The normalized spacial score (nSPS) is 11.1. The Kier molecular flexibility index (Phi) is 11.7. The molecule has 0 radical (unpaired) electrons. The minimum Gasteiger partial charge on any atom is -0.494 e. The Labute approximate surface area is 167 Å². The van der Waals surface area contributed by atoms with Crippen LogP contribution in [0.3, 0.4) is 0 Å². The summed E-state index contributed by atoms with van der Waals surface area (Å²) in [4.78, 5) is 0.